The Kier molecular flexibility index (Phi) is 4.47. The number of hydrogen-bond acceptors (Lipinski definition) is 3. The summed E-state index contributed by atoms with van der Waals surface area (Å²) in [5.74, 6) is 0. The smallest absolute Gasteiger partial charge is 0.0814 e. The van der Waals surface area contributed by atoms with Gasteiger partial charge >= 0.3 is 0 Å². The lowest BCUT2D eigenvalue weighted by Gasteiger charge is -2.23. The largest absolute Gasteiger partial charge is 0.393 e. The van der Waals surface area contributed by atoms with Gasteiger partial charge in [-0.2, -0.15) is 0 Å². The van der Waals surface area contributed by atoms with Crippen LogP contribution < -0.4 is 0 Å². The van der Waals surface area contributed by atoms with Crippen LogP contribution in [0.3, 0.4) is 0 Å². The molecular weight excluding hydrogens is 204 g/mol. The highest BCUT2D eigenvalue weighted by Crippen LogP contribution is 2.22. The first-order valence-corrected chi connectivity index (χ1v) is 5.52. The Bertz CT molecular complexity index is 303. The lowest BCUT2D eigenvalue weighted by molar-refractivity contribution is -0.00151. The van der Waals surface area contributed by atoms with Gasteiger partial charge in [-0.1, -0.05) is 30.3 Å². The van der Waals surface area contributed by atoms with Gasteiger partial charge < -0.3 is 15.3 Å². The van der Waals surface area contributed by atoms with Crippen molar-refractivity contribution in [3.63, 3.8) is 0 Å². The van der Waals surface area contributed by atoms with E-state index in [4.69, 9.17) is 0 Å². The molecule has 1 aromatic rings. The number of aliphatic hydroxyl groups excluding tert-OH is 2. The molecule has 3 N–H and O–H groups in total. The van der Waals surface area contributed by atoms with Gasteiger partial charge in [0.05, 0.1) is 17.8 Å². The van der Waals surface area contributed by atoms with E-state index in [1.807, 2.05) is 30.3 Å². The van der Waals surface area contributed by atoms with E-state index in [-0.39, 0.29) is 12.8 Å². The van der Waals surface area contributed by atoms with E-state index in [0.717, 1.165) is 5.56 Å². The molecule has 0 fully saturated rings. The Hall–Kier alpha value is -0.900. The summed E-state index contributed by atoms with van der Waals surface area (Å²) in [4.78, 5) is 0. The van der Waals surface area contributed by atoms with Crippen molar-refractivity contribution in [3.05, 3.63) is 35.9 Å². The molecule has 0 radical (unpaired) electrons. The second-order valence-electron chi connectivity index (χ2n) is 4.83. The van der Waals surface area contributed by atoms with Crippen molar-refractivity contribution in [2.45, 2.75) is 44.5 Å². The first kappa shape index (κ1) is 13.2. The van der Waals surface area contributed by atoms with Crippen LogP contribution in [0.5, 0.6) is 0 Å². The van der Waals surface area contributed by atoms with Crippen LogP contribution in [0, 0.1) is 0 Å². The molecule has 0 heterocycles. The van der Waals surface area contributed by atoms with Gasteiger partial charge in [-0.25, -0.2) is 0 Å². The van der Waals surface area contributed by atoms with Gasteiger partial charge in [0.15, 0.2) is 0 Å². The highest BCUT2D eigenvalue weighted by molar-refractivity contribution is 5.17. The van der Waals surface area contributed by atoms with Gasteiger partial charge in [0, 0.05) is 12.8 Å². The first-order valence-electron chi connectivity index (χ1n) is 5.52. The van der Waals surface area contributed by atoms with Crippen LogP contribution in [0.2, 0.25) is 0 Å². The molecule has 0 aliphatic rings. The molecule has 2 unspecified atom stereocenters. The van der Waals surface area contributed by atoms with Crippen molar-refractivity contribution >= 4 is 0 Å². The summed E-state index contributed by atoms with van der Waals surface area (Å²) in [6.07, 6.45) is -0.876. The Morgan fingerprint density at radius 3 is 2.19 bits per heavy atom. The predicted molar refractivity (Wildman–Crippen MR) is 62.9 cm³/mol. The lowest BCUT2D eigenvalue weighted by atomic mass is 9.95. The molecule has 0 bridgehead atoms. The summed E-state index contributed by atoms with van der Waals surface area (Å²) in [7, 11) is 0. The summed E-state index contributed by atoms with van der Waals surface area (Å²) < 4.78 is 0. The maximum Gasteiger partial charge on any atom is 0.0814 e. The Balaban J connectivity index is 2.49. The highest BCUT2D eigenvalue weighted by atomic mass is 16.3. The molecule has 0 aliphatic carbocycles. The Labute approximate surface area is 96.4 Å². The molecular formula is C13H20O3. The van der Waals surface area contributed by atoms with Crippen LogP contribution in [-0.4, -0.2) is 27.0 Å². The second kappa shape index (κ2) is 5.43. The maximum atomic E-state index is 9.85. The SMILES string of the molecule is CC(C)(O)CC(O)CC(O)c1ccccc1. The highest BCUT2D eigenvalue weighted by Gasteiger charge is 2.21. The van der Waals surface area contributed by atoms with E-state index in [9.17, 15) is 15.3 Å². The van der Waals surface area contributed by atoms with Gasteiger partial charge in [-0.05, 0) is 19.4 Å². The van der Waals surface area contributed by atoms with Crippen LogP contribution in [0.25, 0.3) is 0 Å². The summed E-state index contributed by atoms with van der Waals surface area (Å²) in [6, 6.07) is 9.22. The minimum atomic E-state index is -0.907. The number of hydrogen-bond donors (Lipinski definition) is 3. The summed E-state index contributed by atoms with van der Waals surface area (Å²) >= 11 is 0. The molecule has 0 aromatic heterocycles. The van der Waals surface area contributed by atoms with E-state index in [1.165, 1.54) is 0 Å². The Morgan fingerprint density at radius 1 is 1.12 bits per heavy atom. The van der Waals surface area contributed by atoms with Crippen LogP contribution in [0.1, 0.15) is 38.4 Å². The van der Waals surface area contributed by atoms with Crippen LogP contribution in [0.4, 0.5) is 0 Å². The fraction of sp³-hybridized carbons (Fsp3) is 0.538. The van der Waals surface area contributed by atoms with Crippen molar-refractivity contribution in [3.8, 4) is 0 Å². The van der Waals surface area contributed by atoms with E-state index in [0.29, 0.717) is 0 Å². The molecule has 90 valence electrons. The molecule has 1 rings (SSSR count). The number of aliphatic hydroxyl groups is 3. The minimum Gasteiger partial charge on any atom is -0.393 e. The van der Waals surface area contributed by atoms with Gasteiger partial charge in [-0.15, -0.1) is 0 Å². The molecule has 16 heavy (non-hydrogen) atoms. The van der Waals surface area contributed by atoms with E-state index in [1.54, 1.807) is 13.8 Å². The van der Waals surface area contributed by atoms with Gasteiger partial charge in [-0.3, -0.25) is 0 Å². The third kappa shape index (κ3) is 4.75. The standard InChI is InChI=1S/C13H20O3/c1-13(2,16)9-11(14)8-12(15)10-6-4-3-5-7-10/h3-7,11-12,14-16H,8-9H2,1-2H3. The molecule has 0 saturated heterocycles. The third-order valence-corrected chi connectivity index (χ3v) is 2.41. The molecule has 3 nitrogen and oxygen atoms in total. The van der Waals surface area contributed by atoms with Gasteiger partial charge in [0.2, 0.25) is 0 Å². The van der Waals surface area contributed by atoms with Crippen molar-refractivity contribution in [1.29, 1.82) is 0 Å². The van der Waals surface area contributed by atoms with E-state index in [2.05, 4.69) is 0 Å². The van der Waals surface area contributed by atoms with Gasteiger partial charge in [0.25, 0.3) is 0 Å². The molecule has 0 spiro atoms. The average Bonchev–Trinajstić information content (AvgIpc) is 2.16. The number of benzene rings is 1. The van der Waals surface area contributed by atoms with Crippen molar-refractivity contribution in [1.82, 2.24) is 0 Å². The first-order chi connectivity index (χ1) is 7.38. The van der Waals surface area contributed by atoms with E-state index < -0.39 is 17.8 Å². The van der Waals surface area contributed by atoms with Crippen molar-refractivity contribution < 1.29 is 15.3 Å². The number of rotatable bonds is 5. The van der Waals surface area contributed by atoms with E-state index >= 15 is 0 Å². The zero-order valence-electron chi connectivity index (χ0n) is 9.80. The summed E-state index contributed by atoms with van der Waals surface area (Å²) in [5.41, 5.74) is -0.118. The monoisotopic (exact) mass is 224 g/mol. The zero-order valence-corrected chi connectivity index (χ0v) is 9.80. The molecule has 1 aromatic carbocycles. The predicted octanol–water partition coefficient (Wildman–Crippen LogP) is 1.63. The Morgan fingerprint density at radius 2 is 1.69 bits per heavy atom. The minimum absolute atomic E-state index is 0.244. The topological polar surface area (TPSA) is 60.7 Å². The average molecular weight is 224 g/mol. The van der Waals surface area contributed by atoms with Gasteiger partial charge in [0.1, 0.15) is 0 Å². The molecule has 0 aliphatic heterocycles. The quantitative estimate of drug-likeness (QED) is 0.712. The van der Waals surface area contributed by atoms with Crippen LogP contribution >= 0.6 is 0 Å². The fourth-order valence-electron chi connectivity index (χ4n) is 1.73. The molecule has 0 amide bonds. The molecule has 3 heteroatoms. The summed E-state index contributed by atoms with van der Waals surface area (Å²) in [5, 5.41) is 29.1. The zero-order chi connectivity index (χ0) is 12.2. The summed E-state index contributed by atoms with van der Waals surface area (Å²) in [6.45, 7) is 3.29. The van der Waals surface area contributed by atoms with Crippen molar-refractivity contribution in [2.75, 3.05) is 0 Å². The van der Waals surface area contributed by atoms with Crippen molar-refractivity contribution in [2.24, 2.45) is 0 Å². The third-order valence-electron chi connectivity index (χ3n) is 2.41. The fourth-order valence-corrected chi connectivity index (χ4v) is 1.73. The van der Waals surface area contributed by atoms with Crippen LogP contribution in [-0.2, 0) is 0 Å². The molecule has 2 atom stereocenters. The second-order valence-corrected chi connectivity index (χ2v) is 4.83. The maximum absolute atomic E-state index is 9.85. The lowest BCUT2D eigenvalue weighted by Crippen LogP contribution is -2.27. The van der Waals surface area contributed by atoms with Crippen LogP contribution in [0.15, 0.2) is 30.3 Å². The molecule has 0 saturated carbocycles. The normalized spacial score (nSPS) is 15.8.